The van der Waals surface area contributed by atoms with Gasteiger partial charge in [-0.3, -0.25) is 0 Å². The van der Waals surface area contributed by atoms with Crippen LogP contribution in [0.5, 0.6) is 0 Å². The maximum absolute atomic E-state index is 6.16. The highest BCUT2D eigenvalue weighted by Gasteiger charge is 2.19. The van der Waals surface area contributed by atoms with Crippen LogP contribution in [0.25, 0.3) is 10.1 Å². The predicted octanol–water partition coefficient (Wildman–Crippen LogP) is 3.70. The van der Waals surface area contributed by atoms with Crippen LogP contribution in [-0.4, -0.2) is 31.3 Å². The number of nitrogens with zero attached hydrogens (tertiary/aromatic N) is 2. The van der Waals surface area contributed by atoms with Gasteiger partial charge in [0.25, 0.3) is 0 Å². The zero-order chi connectivity index (χ0) is 12.7. The topological polar surface area (TPSA) is 25.4 Å². The Bertz CT molecular complexity index is 595. The molecule has 3 rings (SSSR count). The van der Waals surface area contributed by atoms with Gasteiger partial charge in [0.2, 0.25) is 0 Å². The Morgan fingerprint density at radius 2 is 2.17 bits per heavy atom. The summed E-state index contributed by atoms with van der Waals surface area (Å²) in [5, 5.41) is 1.17. The fourth-order valence-corrected chi connectivity index (χ4v) is 4.06. The number of aryl methyl sites for hydroxylation is 1. The molecule has 0 spiro atoms. The van der Waals surface area contributed by atoms with Crippen LogP contribution in [-0.2, 0) is 4.74 Å². The van der Waals surface area contributed by atoms with Crippen molar-refractivity contribution in [3.05, 3.63) is 19.7 Å². The SMILES string of the molecule is Cc1c(I)nc(N2CCOCC2)c2cc(Cl)sc12. The smallest absolute Gasteiger partial charge is 0.138 e. The fourth-order valence-electron chi connectivity index (χ4n) is 2.15. The number of pyridine rings is 1. The van der Waals surface area contributed by atoms with Gasteiger partial charge < -0.3 is 9.64 Å². The molecule has 0 bridgehead atoms. The first kappa shape index (κ1) is 12.9. The molecule has 96 valence electrons. The molecule has 1 fully saturated rings. The molecule has 0 amide bonds. The van der Waals surface area contributed by atoms with E-state index in [0.29, 0.717) is 0 Å². The summed E-state index contributed by atoms with van der Waals surface area (Å²) < 4.78 is 8.53. The Hall–Kier alpha value is -0.110. The first-order chi connectivity index (χ1) is 8.66. The second-order valence-electron chi connectivity index (χ2n) is 4.24. The summed E-state index contributed by atoms with van der Waals surface area (Å²) in [5.74, 6) is 1.05. The van der Waals surface area contributed by atoms with Crippen LogP contribution in [0, 0.1) is 10.6 Å². The fraction of sp³-hybridized carbons (Fsp3) is 0.417. The van der Waals surface area contributed by atoms with E-state index in [0.717, 1.165) is 40.2 Å². The number of hydrogen-bond acceptors (Lipinski definition) is 4. The van der Waals surface area contributed by atoms with Gasteiger partial charge in [-0.25, -0.2) is 4.98 Å². The number of fused-ring (bicyclic) bond motifs is 1. The molecule has 0 atom stereocenters. The number of ether oxygens (including phenoxy) is 1. The summed E-state index contributed by atoms with van der Waals surface area (Å²) in [4.78, 5) is 7.03. The van der Waals surface area contributed by atoms with Crippen molar-refractivity contribution >= 4 is 61.4 Å². The van der Waals surface area contributed by atoms with E-state index in [1.165, 1.54) is 15.6 Å². The van der Waals surface area contributed by atoms with Gasteiger partial charge in [0.15, 0.2) is 0 Å². The number of hydrogen-bond donors (Lipinski definition) is 0. The molecule has 0 aliphatic carbocycles. The van der Waals surface area contributed by atoms with E-state index in [1.54, 1.807) is 11.3 Å². The lowest BCUT2D eigenvalue weighted by molar-refractivity contribution is 0.122. The Kier molecular flexibility index (Phi) is 3.66. The average molecular weight is 395 g/mol. The van der Waals surface area contributed by atoms with E-state index in [2.05, 4.69) is 34.4 Å². The standard InChI is InChI=1S/C12H12ClIN2OS/c1-7-10-8(6-9(13)18-10)12(15-11(7)14)16-2-4-17-5-3-16/h6H,2-5H2,1H3. The number of rotatable bonds is 1. The minimum Gasteiger partial charge on any atom is -0.378 e. The molecule has 1 saturated heterocycles. The molecule has 18 heavy (non-hydrogen) atoms. The maximum Gasteiger partial charge on any atom is 0.138 e. The Morgan fingerprint density at radius 1 is 1.44 bits per heavy atom. The van der Waals surface area contributed by atoms with Crippen LogP contribution in [0.15, 0.2) is 6.07 Å². The Morgan fingerprint density at radius 3 is 2.89 bits per heavy atom. The Labute approximate surface area is 128 Å². The number of aromatic nitrogens is 1. The second kappa shape index (κ2) is 5.11. The quantitative estimate of drug-likeness (QED) is 0.545. The number of halogens is 2. The summed E-state index contributed by atoms with van der Waals surface area (Å²) in [6.07, 6.45) is 0. The minimum absolute atomic E-state index is 0.769. The van der Waals surface area contributed by atoms with Gasteiger partial charge in [-0.1, -0.05) is 11.6 Å². The molecule has 6 heteroatoms. The molecule has 2 aromatic rings. The summed E-state index contributed by atoms with van der Waals surface area (Å²) >= 11 is 10.1. The van der Waals surface area contributed by atoms with Gasteiger partial charge in [-0.2, -0.15) is 0 Å². The summed E-state index contributed by atoms with van der Waals surface area (Å²) in [5.41, 5.74) is 1.22. The van der Waals surface area contributed by atoms with Crippen LogP contribution < -0.4 is 4.90 Å². The van der Waals surface area contributed by atoms with E-state index in [-0.39, 0.29) is 0 Å². The maximum atomic E-state index is 6.16. The lowest BCUT2D eigenvalue weighted by atomic mass is 10.2. The van der Waals surface area contributed by atoms with Crippen molar-refractivity contribution in [3.8, 4) is 0 Å². The van der Waals surface area contributed by atoms with Crippen molar-refractivity contribution in [2.45, 2.75) is 6.92 Å². The number of thiophene rings is 1. The molecule has 3 nitrogen and oxygen atoms in total. The molecule has 1 aliphatic rings. The average Bonchev–Trinajstić information content (AvgIpc) is 2.77. The van der Waals surface area contributed by atoms with Crippen molar-refractivity contribution in [1.82, 2.24) is 4.98 Å². The van der Waals surface area contributed by atoms with Gasteiger partial charge in [0.05, 0.1) is 17.6 Å². The van der Waals surface area contributed by atoms with Crippen molar-refractivity contribution in [1.29, 1.82) is 0 Å². The third kappa shape index (κ3) is 2.21. The highest BCUT2D eigenvalue weighted by molar-refractivity contribution is 14.1. The van der Waals surface area contributed by atoms with Gasteiger partial charge >= 0.3 is 0 Å². The monoisotopic (exact) mass is 394 g/mol. The normalized spacial score (nSPS) is 16.5. The summed E-state index contributed by atoms with van der Waals surface area (Å²) in [6, 6.07) is 2.03. The first-order valence-corrected chi connectivity index (χ1v) is 8.02. The lowest BCUT2D eigenvalue weighted by Crippen LogP contribution is -2.37. The molecule has 0 unspecified atom stereocenters. The predicted molar refractivity (Wildman–Crippen MR) is 85.1 cm³/mol. The molecule has 2 aromatic heterocycles. The van der Waals surface area contributed by atoms with Gasteiger partial charge in [-0.15, -0.1) is 11.3 Å². The van der Waals surface area contributed by atoms with Crippen LogP contribution in [0.2, 0.25) is 4.34 Å². The van der Waals surface area contributed by atoms with Crippen molar-refractivity contribution in [2.75, 3.05) is 31.2 Å². The molecular formula is C12H12ClIN2OS. The second-order valence-corrected chi connectivity index (χ2v) is 6.95. The van der Waals surface area contributed by atoms with E-state index >= 15 is 0 Å². The molecule has 0 radical (unpaired) electrons. The van der Waals surface area contributed by atoms with Gasteiger partial charge in [0.1, 0.15) is 9.52 Å². The molecule has 3 heterocycles. The van der Waals surface area contributed by atoms with Crippen molar-refractivity contribution in [3.63, 3.8) is 0 Å². The first-order valence-electron chi connectivity index (χ1n) is 5.74. The summed E-state index contributed by atoms with van der Waals surface area (Å²) in [7, 11) is 0. The third-order valence-electron chi connectivity index (χ3n) is 3.11. The van der Waals surface area contributed by atoms with Gasteiger partial charge in [-0.05, 0) is 41.1 Å². The van der Waals surface area contributed by atoms with E-state index in [4.69, 9.17) is 21.3 Å². The zero-order valence-corrected chi connectivity index (χ0v) is 13.6. The van der Waals surface area contributed by atoms with Crippen molar-refractivity contribution in [2.24, 2.45) is 0 Å². The van der Waals surface area contributed by atoms with E-state index in [9.17, 15) is 0 Å². The molecule has 0 aromatic carbocycles. The third-order valence-corrected chi connectivity index (χ3v) is 5.54. The van der Waals surface area contributed by atoms with Crippen LogP contribution in [0.3, 0.4) is 0 Å². The van der Waals surface area contributed by atoms with E-state index < -0.39 is 0 Å². The van der Waals surface area contributed by atoms with Crippen molar-refractivity contribution < 1.29 is 4.74 Å². The lowest BCUT2D eigenvalue weighted by Gasteiger charge is -2.28. The Balaban J connectivity index is 2.18. The zero-order valence-electron chi connectivity index (χ0n) is 9.87. The number of anilines is 1. The summed E-state index contributed by atoms with van der Waals surface area (Å²) in [6.45, 7) is 5.44. The van der Waals surface area contributed by atoms with Gasteiger partial charge in [0, 0.05) is 23.2 Å². The molecule has 0 N–H and O–H groups in total. The van der Waals surface area contributed by atoms with Crippen LogP contribution in [0.1, 0.15) is 5.56 Å². The highest BCUT2D eigenvalue weighted by atomic mass is 127. The largest absolute Gasteiger partial charge is 0.378 e. The minimum atomic E-state index is 0.769. The molecular weight excluding hydrogens is 383 g/mol. The van der Waals surface area contributed by atoms with Crippen LogP contribution in [0.4, 0.5) is 5.82 Å². The van der Waals surface area contributed by atoms with E-state index in [1.807, 2.05) is 6.07 Å². The molecule has 0 saturated carbocycles. The van der Waals surface area contributed by atoms with Crippen LogP contribution >= 0.6 is 45.5 Å². The molecule has 1 aliphatic heterocycles. The number of morpholine rings is 1. The highest BCUT2D eigenvalue weighted by Crippen LogP contribution is 2.38.